The van der Waals surface area contributed by atoms with E-state index in [0.717, 1.165) is 32.5 Å². The van der Waals surface area contributed by atoms with Crippen LogP contribution in [0.2, 0.25) is 0 Å². The largest absolute Gasteiger partial charge is 3.00 e. The van der Waals surface area contributed by atoms with E-state index in [9.17, 15) is 0 Å². The van der Waals surface area contributed by atoms with Gasteiger partial charge in [-0.3, -0.25) is 4.98 Å². The number of fused-ring (bicyclic) bond motifs is 6. The standard InChI is InChI=1S/C33H31N2O.C16H30N2.Ir/c1-19(2)15-21-11-13-26-23(16-21)12-14-27-29-30(34-20(3)35-32(29)36-31(26)27)24-17-22-9-7-8-10-25(22)28(18-24)33(4,5)6;1-13(2)16(17-14-9-5-3-6-10-14)18-15-11-7-4-8-12-15;/h7-14,16,18-19H,15H2,1-6H3;13-16H,3-12H2,1-2H3;/q-1;-2;+3/i3D3,15D2;;. The van der Waals surface area contributed by atoms with Crippen LogP contribution in [0.1, 0.15) is 136 Å². The van der Waals surface area contributed by atoms with Crippen molar-refractivity contribution in [3.8, 4) is 11.3 Å². The summed E-state index contributed by atoms with van der Waals surface area (Å²) in [4.78, 5) is 9.00. The molecule has 6 aromatic rings. The second kappa shape index (κ2) is 18.0. The van der Waals surface area contributed by atoms with Gasteiger partial charge in [0.2, 0.25) is 5.71 Å². The Labute approximate surface area is 350 Å². The maximum absolute atomic E-state index is 8.54. The second-order valence-electron chi connectivity index (χ2n) is 17.3. The number of nitrogens with zero attached hydrogens (tertiary/aromatic N) is 4. The van der Waals surface area contributed by atoms with Crippen molar-refractivity contribution in [3.05, 3.63) is 94.3 Å². The molecule has 0 radical (unpaired) electrons. The van der Waals surface area contributed by atoms with Gasteiger partial charge in [0.15, 0.2) is 0 Å². The predicted octanol–water partition coefficient (Wildman–Crippen LogP) is 14.3. The van der Waals surface area contributed by atoms with E-state index in [1.807, 2.05) is 62.4 Å². The number of hydrogen-bond acceptors (Lipinski definition) is 3. The number of aryl methyl sites for hydroxylation is 1. The van der Waals surface area contributed by atoms with Crippen LogP contribution in [-0.2, 0) is 31.9 Å². The SMILES string of the molecule is CC(C)C([N-]C1CCCCC1)[N-]C1CCCCC1.[2H]C([2H])([2H])c1nc(-c2[c-]c3ccccc3c(C(C)(C)C)c2)c2c(n1)oc1c3ccc(C([2H])([2H])C(C)C)cc3ccc12.[Ir+3]. The number of benzene rings is 4. The summed E-state index contributed by atoms with van der Waals surface area (Å²) in [6.07, 6.45) is 12.4. The van der Waals surface area contributed by atoms with Crippen molar-refractivity contribution in [2.45, 2.75) is 150 Å². The van der Waals surface area contributed by atoms with Crippen molar-refractivity contribution in [1.29, 1.82) is 0 Å². The maximum Gasteiger partial charge on any atom is 3.00 e. The van der Waals surface area contributed by atoms with Gasteiger partial charge in [-0.1, -0.05) is 178 Å². The first-order valence-corrected chi connectivity index (χ1v) is 20.5. The third-order valence-corrected chi connectivity index (χ3v) is 11.1. The minimum atomic E-state index is -2.54. The van der Waals surface area contributed by atoms with Gasteiger partial charge in [0.25, 0.3) is 0 Å². The van der Waals surface area contributed by atoms with Gasteiger partial charge in [-0.25, -0.2) is 6.17 Å². The van der Waals surface area contributed by atoms with Gasteiger partial charge in [-0.15, -0.1) is 41.2 Å². The molecule has 2 heterocycles. The normalized spacial score (nSPS) is 17.9. The van der Waals surface area contributed by atoms with E-state index >= 15 is 0 Å². The molecule has 5 nitrogen and oxygen atoms in total. The van der Waals surface area contributed by atoms with Gasteiger partial charge in [-0.2, -0.15) is 4.98 Å². The van der Waals surface area contributed by atoms with Crippen LogP contribution in [0.3, 0.4) is 0 Å². The molecule has 2 saturated carbocycles. The summed E-state index contributed by atoms with van der Waals surface area (Å²) in [6.45, 7) is 12.2. The van der Waals surface area contributed by atoms with Crippen LogP contribution >= 0.6 is 0 Å². The van der Waals surface area contributed by atoms with Gasteiger partial charge in [-0.05, 0) is 35.5 Å². The Morgan fingerprint density at radius 2 is 1.47 bits per heavy atom. The van der Waals surface area contributed by atoms with Gasteiger partial charge < -0.3 is 15.1 Å². The van der Waals surface area contributed by atoms with E-state index < -0.39 is 13.2 Å². The van der Waals surface area contributed by atoms with Crippen molar-refractivity contribution in [2.24, 2.45) is 11.8 Å². The van der Waals surface area contributed by atoms with Crippen molar-refractivity contribution in [3.63, 3.8) is 0 Å². The topological polar surface area (TPSA) is 67.1 Å². The number of hydrogen-bond donors (Lipinski definition) is 0. The van der Waals surface area contributed by atoms with E-state index in [2.05, 4.69) is 56.7 Å². The molecule has 6 heteroatoms. The minimum absolute atomic E-state index is 0. The summed E-state index contributed by atoms with van der Waals surface area (Å²) in [5.74, 6) is 0.103. The monoisotopic (exact) mass is 919 g/mol. The van der Waals surface area contributed by atoms with Crippen molar-refractivity contribution >= 4 is 43.6 Å². The van der Waals surface area contributed by atoms with Crippen LogP contribution in [-0.4, -0.2) is 28.2 Å². The number of rotatable bonds is 8. The molecule has 0 bridgehead atoms. The predicted molar refractivity (Wildman–Crippen MR) is 230 cm³/mol. The summed E-state index contributed by atoms with van der Waals surface area (Å²) in [5.41, 5.74) is 3.41. The fourth-order valence-electron chi connectivity index (χ4n) is 8.33. The smallest absolute Gasteiger partial charge is 0.675 e. The average molecular weight is 919 g/mol. The molecule has 0 unspecified atom stereocenters. The zero-order valence-electron chi connectivity index (χ0n) is 38.8. The molecule has 2 fully saturated rings. The molecule has 55 heavy (non-hydrogen) atoms. The Balaban J connectivity index is 0.000000267. The van der Waals surface area contributed by atoms with Crippen LogP contribution in [0.5, 0.6) is 0 Å². The molecular weight excluding hydrogens is 853 g/mol. The Bertz CT molecular complexity index is 2390. The first kappa shape index (κ1) is 35.0. The van der Waals surface area contributed by atoms with Gasteiger partial charge in [0.05, 0.1) is 0 Å². The molecule has 0 atom stereocenters. The molecule has 2 aliphatic rings. The van der Waals surface area contributed by atoms with E-state index in [-0.39, 0.29) is 49.1 Å². The first-order valence-electron chi connectivity index (χ1n) is 23.0. The average Bonchev–Trinajstić information content (AvgIpc) is 3.59. The van der Waals surface area contributed by atoms with Crippen molar-refractivity contribution < 1.29 is 31.4 Å². The molecule has 0 saturated heterocycles. The Morgan fingerprint density at radius 1 is 0.818 bits per heavy atom. The third-order valence-electron chi connectivity index (χ3n) is 11.1. The maximum atomic E-state index is 8.54. The molecule has 0 N–H and O–H groups in total. The van der Waals surface area contributed by atoms with Crippen LogP contribution in [0.4, 0.5) is 0 Å². The molecule has 0 amide bonds. The molecule has 2 aliphatic carbocycles. The van der Waals surface area contributed by atoms with Crippen molar-refractivity contribution in [2.75, 3.05) is 0 Å². The number of aromatic nitrogens is 2. The fraction of sp³-hybridized carbons (Fsp3) is 0.510. The second-order valence-corrected chi connectivity index (χ2v) is 17.3. The van der Waals surface area contributed by atoms with Gasteiger partial charge in [0.1, 0.15) is 11.4 Å². The van der Waals surface area contributed by atoms with Crippen molar-refractivity contribution in [1.82, 2.24) is 9.97 Å². The fourth-order valence-corrected chi connectivity index (χ4v) is 8.33. The quantitative estimate of drug-likeness (QED) is 0.143. The van der Waals surface area contributed by atoms with Crippen LogP contribution in [0.15, 0.2) is 65.1 Å². The zero-order chi connectivity index (χ0) is 42.3. The van der Waals surface area contributed by atoms with Crippen LogP contribution in [0, 0.1) is 24.8 Å². The van der Waals surface area contributed by atoms with Gasteiger partial charge in [0, 0.05) is 28.7 Å². The molecule has 292 valence electrons. The number of furan rings is 1. The molecule has 0 spiro atoms. The van der Waals surface area contributed by atoms with E-state index in [1.54, 1.807) is 6.07 Å². The van der Waals surface area contributed by atoms with Crippen LogP contribution in [0.25, 0.3) is 65.5 Å². The summed E-state index contributed by atoms with van der Waals surface area (Å²) in [5, 5.41) is 15.1. The summed E-state index contributed by atoms with van der Waals surface area (Å²) in [7, 11) is 0. The van der Waals surface area contributed by atoms with E-state index in [1.165, 1.54) is 64.2 Å². The molecule has 8 rings (SSSR count). The summed E-state index contributed by atoms with van der Waals surface area (Å²) in [6, 6.07) is 24.2. The summed E-state index contributed by atoms with van der Waals surface area (Å²) >= 11 is 0. The minimum Gasteiger partial charge on any atom is -0.675 e. The van der Waals surface area contributed by atoms with E-state index in [0.29, 0.717) is 45.8 Å². The molecule has 4 aromatic carbocycles. The Morgan fingerprint density at radius 3 is 2.09 bits per heavy atom. The van der Waals surface area contributed by atoms with Gasteiger partial charge >= 0.3 is 20.1 Å². The Hall–Kier alpha value is -3.15. The first-order chi connectivity index (χ1) is 27.9. The zero-order valence-corrected chi connectivity index (χ0v) is 36.2. The Kier molecular flexibility index (Phi) is 11.5. The third kappa shape index (κ3) is 9.70. The van der Waals surface area contributed by atoms with Crippen LogP contribution < -0.4 is 0 Å². The molecule has 0 aliphatic heterocycles. The van der Waals surface area contributed by atoms with E-state index in [4.69, 9.17) is 21.9 Å². The molecule has 2 aromatic heterocycles. The summed E-state index contributed by atoms with van der Waals surface area (Å²) < 4.78 is 47.6. The molecular formula is C49H61IrN4O.